The van der Waals surface area contributed by atoms with Gasteiger partial charge in [0.05, 0.1) is 6.04 Å². The molecule has 1 amide bonds. The molecule has 1 N–H and O–H groups in total. The fourth-order valence-corrected chi connectivity index (χ4v) is 4.54. The van der Waals surface area contributed by atoms with Gasteiger partial charge in [0, 0.05) is 11.9 Å². The number of hydrogen-bond acceptors (Lipinski definition) is 5. The Morgan fingerprint density at radius 1 is 1.14 bits per heavy atom. The number of likely N-dealkylation sites (tertiary alicyclic amines) is 1. The topological polar surface area (TPSA) is 62.6 Å². The number of thiophene rings is 1. The van der Waals surface area contributed by atoms with Crippen LogP contribution in [0.1, 0.15) is 47.6 Å². The van der Waals surface area contributed by atoms with Crippen molar-refractivity contribution in [1.82, 2.24) is 10.2 Å². The van der Waals surface area contributed by atoms with Crippen molar-refractivity contribution in [3.8, 4) is 0 Å². The van der Waals surface area contributed by atoms with Crippen LogP contribution in [0, 0.1) is 0 Å². The van der Waals surface area contributed by atoms with E-state index in [0.29, 0.717) is 12.1 Å². The van der Waals surface area contributed by atoms with Gasteiger partial charge in [-0.1, -0.05) is 31.0 Å². The second-order valence-electron chi connectivity index (χ2n) is 7.22. The Hall–Kier alpha value is -2.44. The number of nitrogens with one attached hydrogen (secondary N) is 1. The van der Waals surface area contributed by atoms with Crippen molar-refractivity contribution in [3.05, 3.63) is 68.7 Å². The Morgan fingerprint density at radius 2 is 1.93 bits per heavy atom. The van der Waals surface area contributed by atoms with Crippen molar-refractivity contribution in [2.75, 3.05) is 19.6 Å². The molecule has 0 bridgehead atoms. The van der Waals surface area contributed by atoms with Crippen molar-refractivity contribution >= 4 is 28.2 Å². The van der Waals surface area contributed by atoms with Gasteiger partial charge in [-0.25, -0.2) is 4.79 Å². The van der Waals surface area contributed by atoms with Gasteiger partial charge in [-0.3, -0.25) is 9.69 Å². The van der Waals surface area contributed by atoms with Crippen LogP contribution in [0.15, 0.2) is 56.4 Å². The second kappa shape index (κ2) is 8.71. The zero-order chi connectivity index (χ0) is 19.3. The number of hydrogen-bond donors (Lipinski definition) is 1. The Kier molecular flexibility index (Phi) is 5.88. The Balaban J connectivity index is 1.53. The molecule has 0 unspecified atom stereocenters. The fourth-order valence-electron chi connectivity index (χ4n) is 3.83. The lowest BCUT2D eigenvalue weighted by molar-refractivity contribution is 0.0930. The van der Waals surface area contributed by atoms with Crippen molar-refractivity contribution < 1.29 is 9.21 Å². The number of para-hydroxylation sites is 1. The fraction of sp³-hybridized carbons (Fsp3) is 0.364. The van der Waals surface area contributed by atoms with E-state index < -0.39 is 5.63 Å². The molecular weight excluding hydrogens is 372 g/mol. The summed E-state index contributed by atoms with van der Waals surface area (Å²) in [4.78, 5) is 27.5. The van der Waals surface area contributed by atoms with E-state index >= 15 is 0 Å². The minimum atomic E-state index is -0.599. The maximum Gasteiger partial charge on any atom is 0.349 e. The van der Waals surface area contributed by atoms with Gasteiger partial charge in [0.1, 0.15) is 11.1 Å². The number of benzene rings is 1. The molecule has 1 aliphatic heterocycles. The molecule has 1 fully saturated rings. The lowest BCUT2D eigenvalue weighted by atomic mass is 10.1. The van der Waals surface area contributed by atoms with Gasteiger partial charge >= 0.3 is 5.63 Å². The number of carbonyl (C=O) groups is 1. The van der Waals surface area contributed by atoms with Gasteiger partial charge in [0.15, 0.2) is 0 Å². The third-order valence-electron chi connectivity index (χ3n) is 5.35. The van der Waals surface area contributed by atoms with Gasteiger partial charge in [-0.05, 0) is 60.5 Å². The molecule has 1 aliphatic rings. The first kappa shape index (κ1) is 18.9. The molecule has 1 aromatic carbocycles. The summed E-state index contributed by atoms with van der Waals surface area (Å²) in [5.41, 5.74) is 1.17. The van der Waals surface area contributed by atoms with Crippen LogP contribution in [-0.4, -0.2) is 30.4 Å². The van der Waals surface area contributed by atoms with E-state index in [0.717, 1.165) is 18.5 Å². The van der Waals surface area contributed by atoms with Crippen molar-refractivity contribution in [2.45, 2.75) is 31.7 Å². The van der Waals surface area contributed by atoms with Crippen LogP contribution in [0.25, 0.3) is 11.0 Å². The lowest BCUT2D eigenvalue weighted by Gasteiger charge is -2.30. The predicted molar refractivity (Wildman–Crippen MR) is 112 cm³/mol. The molecule has 2 aromatic heterocycles. The standard InChI is InChI=1S/C22H24N2O3S/c25-21(18-13-16-7-3-4-8-20(16)27-22(18)26)23-14-19(17-9-12-28-15-17)24-10-5-1-2-6-11-24/h3-4,7-9,12-13,15,19H,1-2,5-6,10-11,14H2,(H,23,25)/t19-/m0/s1. The maximum absolute atomic E-state index is 12.7. The summed E-state index contributed by atoms with van der Waals surface area (Å²) < 4.78 is 5.30. The molecule has 6 heteroatoms. The average Bonchev–Trinajstić information content (AvgIpc) is 3.10. The highest BCUT2D eigenvalue weighted by atomic mass is 32.1. The quantitative estimate of drug-likeness (QED) is 0.657. The smallest absolute Gasteiger partial charge is 0.349 e. The lowest BCUT2D eigenvalue weighted by Crippen LogP contribution is -2.39. The molecule has 3 heterocycles. The first-order valence-electron chi connectivity index (χ1n) is 9.79. The van der Waals surface area contributed by atoms with Gasteiger partial charge in [-0.2, -0.15) is 11.3 Å². The van der Waals surface area contributed by atoms with Gasteiger partial charge in [0.25, 0.3) is 5.91 Å². The van der Waals surface area contributed by atoms with E-state index in [4.69, 9.17) is 4.42 Å². The molecule has 0 radical (unpaired) electrons. The zero-order valence-corrected chi connectivity index (χ0v) is 16.5. The molecule has 0 saturated carbocycles. The van der Waals surface area contributed by atoms with Crippen LogP contribution >= 0.6 is 11.3 Å². The van der Waals surface area contributed by atoms with Crippen LogP contribution < -0.4 is 10.9 Å². The number of amides is 1. The normalized spacial score (nSPS) is 16.6. The third-order valence-corrected chi connectivity index (χ3v) is 6.05. The molecular formula is C22H24N2O3S. The minimum Gasteiger partial charge on any atom is -0.422 e. The summed E-state index contributed by atoms with van der Waals surface area (Å²) in [5, 5.41) is 7.93. The molecule has 28 heavy (non-hydrogen) atoms. The molecule has 1 saturated heterocycles. The van der Waals surface area contributed by atoms with E-state index in [1.54, 1.807) is 29.5 Å². The van der Waals surface area contributed by atoms with Crippen LogP contribution in [0.5, 0.6) is 0 Å². The first-order valence-corrected chi connectivity index (χ1v) is 10.7. The number of fused-ring (bicyclic) bond motifs is 1. The van der Waals surface area contributed by atoms with Gasteiger partial charge in [-0.15, -0.1) is 0 Å². The van der Waals surface area contributed by atoms with Crippen LogP contribution in [0.4, 0.5) is 0 Å². The van der Waals surface area contributed by atoms with E-state index in [1.165, 1.54) is 31.2 Å². The van der Waals surface area contributed by atoms with E-state index in [-0.39, 0.29) is 17.5 Å². The number of nitrogens with zero attached hydrogens (tertiary/aromatic N) is 1. The maximum atomic E-state index is 12.7. The SMILES string of the molecule is O=C(NC[C@@H](c1ccsc1)N1CCCCCC1)c1cc2ccccc2oc1=O. The number of carbonyl (C=O) groups excluding carboxylic acids is 1. The Morgan fingerprint density at radius 3 is 2.68 bits per heavy atom. The van der Waals surface area contributed by atoms with Crippen molar-refractivity contribution in [3.63, 3.8) is 0 Å². The molecule has 0 aliphatic carbocycles. The largest absolute Gasteiger partial charge is 0.422 e. The van der Waals surface area contributed by atoms with Gasteiger partial charge < -0.3 is 9.73 Å². The first-order chi connectivity index (χ1) is 13.7. The third kappa shape index (κ3) is 4.18. The Labute approximate surface area is 168 Å². The predicted octanol–water partition coefficient (Wildman–Crippen LogP) is 4.20. The highest BCUT2D eigenvalue weighted by Crippen LogP contribution is 2.25. The summed E-state index contributed by atoms with van der Waals surface area (Å²) in [6.07, 6.45) is 4.89. The molecule has 0 spiro atoms. The molecule has 4 rings (SSSR count). The number of rotatable bonds is 5. The van der Waals surface area contributed by atoms with E-state index in [9.17, 15) is 9.59 Å². The highest BCUT2D eigenvalue weighted by Gasteiger charge is 2.23. The molecule has 3 aromatic rings. The van der Waals surface area contributed by atoms with Crippen LogP contribution in [0.3, 0.4) is 0 Å². The van der Waals surface area contributed by atoms with Crippen LogP contribution in [-0.2, 0) is 0 Å². The summed E-state index contributed by atoms with van der Waals surface area (Å²) in [6.45, 7) is 2.55. The van der Waals surface area contributed by atoms with Crippen molar-refractivity contribution in [2.24, 2.45) is 0 Å². The zero-order valence-electron chi connectivity index (χ0n) is 15.7. The monoisotopic (exact) mass is 396 g/mol. The minimum absolute atomic E-state index is 0.0543. The molecule has 146 valence electrons. The average molecular weight is 397 g/mol. The second-order valence-corrected chi connectivity index (χ2v) is 8.00. The summed E-state index contributed by atoms with van der Waals surface area (Å²) >= 11 is 1.67. The summed E-state index contributed by atoms with van der Waals surface area (Å²) in [6, 6.07) is 11.1. The Bertz CT molecular complexity index is 988. The summed E-state index contributed by atoms with van der Waals surface area (Å²) in [5.74, 6) is -0.380. The van der Waals surface area contributed by atoms with Gasteiger partial charge in [0.2, 0.25) is 0 Å². The molecule has 1 atom stereocenters. The molecule has 5 nitrogen and oxygen atoms in total. The van der Waals surface area contributed by atoms with Crippen molar-refractivity contribution in [1.29, 1.82) is 0 Å². The van der Waals surface area contributed by atoms with E-state index in [1.807, 2.05) is 12.1 Å². The van der Waals surface area contributed by atoms with Crippen LogP contribution in [0.2, 0.25) is 0 Å². The summed E-state index contributed by atoms with van der Waals surface area (Å²) in [7, 11) is 0. The van der Waals surface area contributed by atoms with E-state index in [2.05, 4.69) is 27.0 Å². The highest BCUT2D eigenvalue weighted by molar-refractivity contribution is 7.07.